The van der Waals surface area contributed by atoms with Gasteiger partial charge in [-0.1, -0.05) is 0 Å². The number of carbonyl (C=O) groups is 1. The number of hydrogen-bond donors (Lipinski definition) is 1. The standard InChI is InChI=1S/C9H6F3N3O/c10-9(11,12)14-8(16)6-1-3-15-4-2-13-7(15)5-6/h1-5H,(H,14,16). The summed E-state index contributed by atoms with van der Waals surface area (Å²) in [4.78, 5) is 15.0. The highest BCUT2D eigenvalue weighted by Gasteiger charge is 2.30. The maximum absolute atomic E-state index is 11.9. The molecule has 0 radical (unpaired) electrons. The average Bonchev–Trinajstić information content (AvgIpc) is 2.61. The van der Waals surface area contributed by atoms with E-state index in [1.165, 1.54) is 24.5 Å². The van der Waals surface area contributed by atoms with E-state index in [2.05, 4.69) is 4.98 Å². The van der Waals surface area contributed by atoms with Crippen LogP contribution in [0.15, 0.2) is 30.7 Å². The largest absolute Gasteiger partial charge is 0.484 e. The third kappa shape index (κ3) is 2.13. The van der Waals surface area contributed by atoms with E-state index in [1.807, 2.05) is 0 Å². The zero-order valence-electron chi connectivity index (χ0n) is 7.82. The van der Waals surface area contributed by atoms with Crippen molar-refractivity contribution >= 4 is 11.6 Å². The zero-order valence-corrected chi connectivity index (χ0v) is 7.82. The maximum Gasteiger partial charge on any atom is 0.484 e. The molecule has 0 saturated heterocycles. The van der Waals surface area contributed by atoms with Gasteiger partial charge in [-0.3, -0.25) is 10.1 Å². The number of aromatic nitrogens is 2. The second-order valence-electron chi connectivity index (χ2n) is 3.06. The van der Waals surface area contributed by atoms with Gasteiger partial charge in [-0.05, 0) is 12.1 Å². The SMILES string of the molecule is O=C(NC(F)(F)F)c1ccn2ccnc2c1. The van der Waals surface area contributed by atoms with Gasteiger partial charge in [0.15, 0.2) is 0 Å². The van der Waals surface area contributed by atoms with Crippen LogP contribution in [-0.4, -0.2) is 21.6 Å². The van der Waals surface area contributed by atoms with Crippen molar-refractivity contribution in [3.05, 3.63) is 36.3 Å². The van der Waals surface area contributed by atoms with Crippen LogP contribution in [0.2, 0.25) is 0 Å². The van der Waals surface area contributed by atoms with Crippen LogP contribution in [0.1, 0.15) is 10.4 Å². The van der Waals surface area contributed by atoms with Gasteiger partial charge < -0.3 is 4.40 Å². The van der Waals surface area contributed by atoms with Crippen LogP contribution < -0.4 is 5.32 Å². The quantitative estimate of drug-likeness (QED) is 0.754. The van der Waals surface area contributed by atoms with Gasteiger partial charge in [-0.2, -0.15) is 13.2 Å². The van der Waals surface area contributed by atoms with E-state index in [9.17, 15) is 18.0 Å². The van der Waals surface area contributed by atoms with Gasteiger partial charge in [0.2, 0.25) is 0 Å². The lowest BCUT2D eigenvalue weighted by molar-refractivity contribution is -0.146. The minimum absolute atomic E-state index is 0.0870. The molecule has 1 amide bonds. The Hall–Kier alpha value is -2.05. The number of carbonyl (C=O) groups excluding carboxylic acids is 1. The van der Waals surface area contributed by atoms with Crippen molar-refractivity contribution in [3.8, 4) is 0 Å². The summed E-state index contributed by atoms with van der Waals surface area (Å²) in [5, 5.41) is 0.916. The molecule has 0 unspecified atom stereocenters. The summed E-state index contributed by atoms with van der Waals surface area (Å²) in [6.45, 7) is 0. The Morgan fingerprint density at radius 3 is 2.81 bits per heavy atom. The van der Waals surface area contributed by atoms with Gasteiger partial charge in [-0.25, -0.2) is 4.98 Å². The molecule has 2 rings (SSSR count). The highest BCUT2D eigenvalue weighted by Crippen LogP contribution is 2.12. The number of rotatable bonds is 1. The molecule has 0 aliphatic heterocycles. The first-order valence-electron chi connectivity index (χ1n) is 4.28. The molecule has 0 aliphatic rings. The molecule has 0 fully saturated rings. The fourth-order valence-corrected chi connectivity index (χ4v) is 1.25. The summed E-state index contributed by atoms with van der Waals surface area (Å²) in [5.41, 5.74) is 0.325. The van der Waals surface area contributed by atoms with Crippen molar-refractivity contribution in [2.75, 3.05) is 0 Å². The van der Waals surface area contributed by atoms with Crippen LogP contribution in [-0.2, 0) is 0 Å². The summed E-state index contributed by atoms with van der Waals surface area (Å²) in [6.07, 6.45) is -0.145. The van der Waals surface area contributed by atoms with Gasteiger partial charge in [0.25, 0.3) is 5.91 Å². The highest BCUT2D eigenvalue weighted by molar-refractivity contribution is 5.95. The molecule has 0 saturated carbocycles. The lowest BCUT2D eigenvalue weighted by atomic mass is 10.2. The number of hydrogen-bond acceptors (Lipinski definition) is 2. The molecule has 2 aromatic rings. The number of halogens is 3. The monoisotopic (exact) mass is 229 g/mol. The molecule has 84 valence electrons. The molecule has 7 heteroatoms. The van der Waals surface area contributed by atoms with E-state index < -0.39 is 12.2 Å². The molecule has 2 aromatic heterocycles. The summed E-state index contributed by atoms with van der Waals surface area (Å²) >= 11 is 0. The molecule has 2 heterocycles. The second-order valence-corrected chi connectivity index (χ2v) is 3.06. The maximum atomic E-state index is 11.9. The Bertz CT molecular complexity index is 532. The molecule has 0 aromatic carbocycles. The Kier molecular flexibility index (Phi) is 2.30. The van der Waals surface area contributed by atoms with Gasteiger partial charge in [0.05, 0.1) is 0 Å². The number of nitrogens with one attached hydrogen (secondary N) is 1. The van der Waals surface area contributed by atoms with E-state index in [0.717, 1.165) is 5.32 Å². The van der Waals surface area contributed by atoms with E-state index in [4.69, 9.17) is 0 Å². The minimum Gasteiger partial charge on any atom is -0.307 e. The van der Waals surface area contributed by atoms with Crippen molar-refractivity contribution in [2.45, 2.75) is 6.30 Å². The zero-order chi connectivity index (χ0) is 11.8. The first-order valence-corrected chi connectivity index (χ1v) is 4.28. The number of pyridine rings is 1. The summed E-state index contributed by atoms with van der Waals surface area (Å²) < 4.78 is 37.3. The van der Waals surface area contributed by atoms with Crippen molar-refractivity contribution in [1.82, 2.24) is 14.7 Å². The van der Waals surface area contributed by atoms with Gasteiger partial charge in [0, 0.05) is 24.2 Å². The van der Waals surface area contributed by atoms with Crippen LogP contribution in [0.4, 0.5) is 13.2 Å². The number of imidazole rings is 1. The van der Waals surface area contributed by atoms with Crippen molar-refractivity contribution in [3.63, 3.8) is 0 Å². The Labute approximate surface area is 87.7 Å². The van der Waals surface area contributed by atoms with Crippen molar-refractivity contribution in [2.24, 2.45) is 0 Å². The van der Waals surface area contributed by atoms with Crippen LogP contribution in [0.3, 0.4) is 0 Å². The molecule has 0 bridgehead atoms. The lowest BCUT2D eigenvalue weighted by Gasteiger charge is -2.08. The number of nitrogens with zero attached hydrogens (tertiary/aromatic N) is 2. The Morgan fingerprint density at radius 2 is 2.12 bits per heavy atom. The van der Waals surface area contributed by atoms with E-state index in [-0.39, 0.29) is 5.56 Å². The van der Waals surface area contributed by atoms with Crippen LogP contribution in [0, 0.1) is 0 Å². The smallest absolute Gasteiger partial charge is 0.307 e. The average molecular weight is 229 g/mol. The molecule has 0 aliphatic carbocycles. The van der Waals surface area contributed by atoms with Crippen molar-refractivity contribution < 1.29 is 18.0 Å². The number of fused-ring (bicyclic) bond motifs is 1. The topological polar surface area (TPSA) is 46.4 Å². The van der Waals surface area contributed by atoms with Crippen molar-refractivity contribution in [1.29, 1.82) is 0 Å². The molecule has 0 atom stereocenters. The minimum atomic E-state index is -4.72. The van der Waals surface area contributed by atoms with Crippen LogP contribution >= 0.6 is 0 Å². The Balaban J connectivity index is 2.29. The summed E-state index contributed by atoms with van der Waals surface area (Å²) in [7, 11) is 0. The lowest BCUT2D eigenvalue weighted by Crippen LogP contribution is -2.37. The first kappa shape index (κ1) is 10.5. The van der Waals surface area contributed by atoms with E-state index in [0.29, 0.717) is 5.65 Å². The molecular weight excluding hydrogens is 223 g/mol. The highest BCUT2D eigenvalue weighted by atomic mass is 19.4. The summed E-state index contributed by atoms with van der Waals surface area (Å²) in [6, 6.07) is 2.57. The number of alkyl halides is 3. The van der Waals surface area contributed by atoms with E-state index >= 15 is 0 Å². The third-order valence-corrected chi connectivity index (χ3v) is 1.92. The van der Waals surface area contributed by atoms with Gasteiger partial charge >= 0.3 is 6.30 Å². The van der Waals surface area contributed by atoms with E-state index in [1.54, 1.807) is 10.6 Å². The van der Waals surface area contributed by atoms with Crippen LogP contribution in [0.25, 0.3) is 5.65 Å². The normalized spacial score (nSPS) is 11.7. The fourth-order valence-electron chi connectivity index (χ4n) is 1.25. The van der Waals surface area contributed by atoms with Gasteiger partial charge in [0.1, 0.15) is 5.65 Å². The first-order chi connectivity index (χ1) is 7.46. The molecular formula is C9H6F3N3O. The number of amides is 1. The predicted molar refractivity (Wildman–Crippen MR) is 48.7 cm³/mol. The predicted octanol–water partition coefficient (Wildman–Crippen LogP) is 1.58. The second kappa shape index (κ2) is 3.51. The Morgan fingerprint density at radius 1 is 1.38 bits per heavy atom. The summed E-state index contributed by atoms with van der Waals surface area (Å²) in [5.74, 6) is -1.20. The molecule has 1 N–H and O–H groups in total. The fraction of sp³-hybridized carbons (Fsp3) is 0.111. The molecule has 0 spiro atoms. The van der Waals surface area contributed by atoms with Gasteiger partial charge in [-0.15, -0.1) is 0 Å². The molecule has 4 nitrogen and oxygen atoms in total. The van der Waals surface area contributed by atoms with Crippen LogP contribution in [0.5, 0.6) is 0 Å². The molecule has 16 heavy (non-hydrogen) atoms. The third-order valence-electron chi connectivity index (χ3n) is 1.92.